The van der Waals surface area contributed by atoms with Crippen molar-refractivity contribution in [3.05, 3.63) is 0 Å². The summed E-state index contributed by atoms with van der Waals surface area (Å²) in [5.74, 6) is 0.0982. The van der Waals surface area contributed by atoms with Crippen LogP contribution in [0.5, 0.6) is 0 Å². The van der Waals surface area contributed by atoms with Crippen LogP contribution in [0.4, 0.5) is 0 Å². The molecule has 1 unspecified atom stereocenters. The van der Waals surface area contributed by atoms with Crippen molar-refractivity contribution in [2.24, 2.45) is 0 Å². The van der Waals surface area contributed by atoms with Crippen molar-refractivity contribution in [2.45, 2.75) is 38.6 Å². The SMILES string of the molecule is CCC(C(=O)NCCCNC)N1CCCC1=O. The topological polar surface area (TPSA) is 61.4 Å². The molecule has 0 saturated carbocycles. The Hall–Kier alpha value is -1.10. The Bertz CT molecular complexity index is 268. The zero-order valence-electron chi connectivity index (χ0n) is 10.8. The number of amides is 2. The van der Waals surface area contributed by atoms with E-state index in [1.165, 1.54) is 0 Å². The van der Waals surface area contributed by atoms with E-state index in [9.17, 15) is 9.59 Å². The molecule has 1 rings (SSSR count). The lowest BCUT2D eigenvalue weighted by molar-refractivity contribution is -0.137. The van der Waals surface area contributed by atoms with Crippen LogP contribution >= 0.6 is 0 Å². The second-order valence-electron chi connectivity index (χ2n) is 4.36. The summed E-state index contributed by atoms with van der Waals surface area (Å²) in [5, 5.41) is 5.92. The van der Waals surface area contributed by atoms with E-state index in [4.69, 9.17) is 0 Å². The van der Waals surface area contributed by atoms with Crippen LogP contribution in [0.2, 0.25) is 0 Å². The van der Waals surface area contributed by atoms with E-state index in [-0.39, 0.29) is 17.9 Å². The Morgan fingerprint density at radius 1 is 1.47 bits per heavy atom. The summed E-state index contributed by atoms with van der Waals surface area (Å²) >= 11 is 0. The molecule has 17 heavy (non-hydrogen) atoms. The number of rotatable bonds is 7. The fourth-order valence-electron chi connectivity index (χ4n) is 2.14. The first-order chi connectivity index (χ1) is 8.20. The highest BCUT2D eigenvalue weighted by Gasteiger charge is 2.31. The molecular weight excluding hydrogens is 218 g/mol. The summed E-state index contributed by atoms with van der Waals surface area (Å²) in [4.78, 5) is 25.3. The third-order valence-electron chi connectivity index (χ3n) is 3.08. The van der Waals surface area contributed by atoms with Crippen LogP contribution in [0.3, 0.4) is 0 Å². The molecule has 0 radical (unpaired) electrons. The zero-order valence-corrected chi connectivity index (χ0v) is 10.8. The molecule has 2 amide bonds. The molecule has 1 aliphatic heterocycles. The van der Waals surface area contributed by atoms with Crippen molar-refractivity contribution < 1.29 is 9.59 Å². The molecule has 0 aliphatic carbocycles. The fraction of sp³-hybridized carbons (Fsp3) is 0.833. The van der Waals surface area contributed by atoms with Gasteiger partial charge in [-0.05, 0) is 32.9 Å². The summed E-state index contributed by atoms with van der Waals surface area (Å²) in [6, 6.07) is -0.278. The van der Waals surface area contributed by atoms with Crippen molar-refractivity contribution in [3.8, 4) is 0 Å². The Morgan fingerprint density at radius 3 is 2.76 bits per heavy atom. The molecule has 1 fully saturated rings. The van der Waals surface area contributed by atoms with Crippen LogP contribution in [0.1, 0.15) is 32.6 Å². The summed E-state index contributed by atoms with van der Waals surface area (Å²) < 4.78 is 0. The molecule has 0 spiro atoms. The van der Waals surface area contributed by atoms with Gasteiger partial charge in [-0.2, -0.15) is 0 Å². The quantitative estimate of drug-likeness (QED) is 0.622. The van der Waals surface area contributed by atoms with Gasteiger partial charge in [0.15, 0.2) is 0 Å². The standard InChI is InChI=1S/C12H23N3O2/c1-3-10(15-9-4-6-11(15)16)12(17)14-8-5-7-13-2/h10,13H,3-9H2,1-2H3,(H,14,17). The molecule has 0 aromatic heterocycles. The number of carbonyl (C=O) groups is 2. The van der Waals surface area contributed by atoms with E-state index in [2.05, 4.69) is 10.6 Å². The highest BCUT2D eigenvalue weighted by molar-refractivity contribution is 5.88. The normalized spacial score (nSPS) is 17.3. The molecule has 1 atom stereocenters. The first kappa shape index (κ1) is 14.0. The third kappa shape index (κ3) is 4.00. The monoisotopic (exact) mass is 241 g/mol. The van der Waals surface area contributed by atoms with Crippen LogP contribution in [-0.4, -0.2) is 49.4 Å². The third-order valence-corrected chi connectivity index (χ3v) is 3.08. The minimum absolute atomic E-state index is 0.0150. The van der Waals surface area contributed by atoms with E-state index in [1.807, 2.05) is 14.0 Å². The molecule has 0 bridgehead atoms. The van der Waals surface area contributed by atoms with Crippen molar-refractivity contribution in [1.82, 2.24) is 15.5 Å². The molecule has 0 aromatic rings. The highest BCUT2D eigenvalue weighted by Crippen LogP contribution is 2.15. The van der Waals surface area contributed by atoms with Crippen LogP contribution in [0, 0.1) is 0 Å². The van der Waals surface area contributed by atoms with Gasteiger partial charge in [-0.15, -0.1) is 0 Å². The number of hydrogen-bond donors (Lipinski definition) is 2. The van der Waals surface area contributed by atoms with Gasteiger partial charge in [-0.1, -0.05) is 6.92 Å². The molecule has 0 aromatic carbocycles. The molecule has 2 N–H and O–H groups in total. The maximum Gasteiger partial charge on any atom is 0.242 e. The van der Waals surface area contributed by atoms with Gasteiger partial charge in [-0.25, -0.2) is 0 Å². The predicted octanol–water partition coefficient (Wildman–Crippen LogP) is 0.113. The minimum Gasteiger partial charge on any atom is -0.354 e. The van der Waals surface area contributed by atoms with Gasteiger partial charge in [0.25, 0.3) is 0 Å². The molecule has 5 nitrogen and oxygen atoms in total. The number of carbonyl (C=O) groups excluding carboxylic acids is 2. The van der Waals surface area contributed by atoms with Gasteiger partial charge in [0, 0.05) is 19.5 Å². The Balaban J connectivity index is 2.38. The van der Waals surface area contributed by atoms with E-state index in [0.717, 1.165) is 25.9 Å². The highest BCUT2D eigenvalue weighted by atomic mass is 16.2. The van der Waals surface area contributed by atoms with Gasteiger partial charge >= 0.3 is 0 Å². The average Bonchev–Trinajstić information content (AvgIpc) is 2.72. The van der Waals surface area contributed by atoms with E-state index < -0.39 is 0 Å². The lowest BCUT2D eigenvalue weighted by Crippen LogP contribution is -2.47. The number of likely N-dealkylation sites (tertiary alicyclic amines) is 1. The first-order valence-electron chi connectivity index (χ1n) is 6.42. The van der Waals surface area contributed by atoms with Crippen molar-refractivity contribution in [2.75, 3.05) is 26.7 Å². The Kier molecular flexibility index (Phi) is 5.97. The van der Waals surface area contributed by atoms with Crippen molar-refractivity contribution >= 4 is 11.8 Å². The molecular formula is C12H23N3O2. The maximum atomic E-state index is 11.9. The number of nitrogens with zero attached hydrogens (tertiary/aromatic N) is 1. The van der Waals surface area contributed by atoms with Gasteiger partial charge in [0.1, 0.15) is 6.04 Å². The van der Waals surface area contributed by atoms with E-state index in [1.54, 1.807) is 4.90 Å². The second kappa shape index (κ2) is 7.27. The smallest absolute Gasteiger partial charge is 0.242 e. The zero-order chi connectivity index (χ0) is 12.7. The second-order valence-corrected chi connectivity index (χ2v) is 4.36. The molecule has 1 saturated heterocycles. The average molecular weight is 241 g/mol. The molecule has 5 heteroatoms. The van der Waals surface area contributed by atoms with E-state index in [0.29, 0.717) is 19.4 Å². The fourth-order valence-corrected chi connectivity index (χ4v) is 2.14. The van der Waals surface area contributed by atoms with Gasteiger partial charge in [-0.3, -0.25) is 9.59 Å². The Morgan fingerprint density at radius 2 is 2.24 bits per heavy atom. The van der Waals surface area contributed by atoms with Gasteiger partial charge < -0.3 is 15.5 Å². The summed E-state index contributed by atoms with van der Waals surface area (Å²) in [6.45, 7) is 4.22. The predicted molar refractivity (Wildman–Crippen MR) is 66.6 cm³/mol. The van der Waals surface area contributed by atoms with Crippen molar-refractivity contribution in [3.63, 3.8) is 0 Å². The largest absolute Gasteiger partial charge is 0.354 e. The summed E-state index contributed by atoms with van der Waals surface area (Å²) in [5.41, 5.74) is 0. The van der Waals surface area contributed by atoms with Crippen LogP contribution in [-0.2, 0) is 9.59 Å². The maximum absolute atomic E-state index is 11.9. The van der Waals surface area contributed by atoms with E-state index >= 15 is 0 Å². The van der Waals surface area contributed by atoms with Gasteiger partial charge in [0.2, 0.25) is 11.8 Å². The van der Waals surface area contributed by atoms with Gasteiger partial charge in [0.05, 0.1) is 0 Å². The van der Waals surface area contributed by atoms with Crippen LogP contribution in [0.15, 0.2) is 0 Å². The van der Waals surface area contributed by atoms with Crippen LogP contribution in [0.25, 0.3) is 0 Å². The Labute approximate surface area is 103 Å². The lowest BCUT2D eigenvalue weighted by Gasteiger charge is -2.25. The number of hydrogen-bond acceptors (Lipinski definition) is 3. The van der Waals surface area contributed by atoms with Crippen LogP contribution < -0.4 is 10.6 Å². The molecule has 1 heterocycles. The molecule has 98 valence electrons. The van der Waals surface area contributed by atoms with Crippen molar-refractivity contribution in [1.29, 1.82) is 0 Å². The minimum atomic E-state index is -0.278. The first-order valence-corrected chi connectivity index (χ1v) is 6.42. The lowest BCUT2D eigenvalue weighted by atomic mass is 10.2. The number of nitrogens with one attached hydrogen (secondary N) is 2. The summed E-state index contributed by atoms with van der Waals surface area (Å²) in [7, 11) is 1.89. The summed E-state index contributed by atoms with van der Waals surface area (Å²) in [6.07, 6.45) is 3.06. The molecule has 1 aliphatic rings.